The first-order valence-electron chi connectivity index (χ1n) is 10.1. The van der Waals surface area contributed by atoms with Gasteiger partial charge in [0.2, 0.25) is 0 Å². The second kappa shape index (κ2) is 8.79. The highest BCUT2D eigenvalue weighted by molar-refractivity contribution is 8.00. The van der Waals surface area contributed by atoms with E-state index in [0.29, 0.717) is 4.75 Å². The molecule has 24 heavy (non-hydrogen) atoms. The fourth-order valence-corrected chi connectivity index (χ4v) is 6.08. The van der Waals surface area contributed by atoms with E-state index in [1.807, 2.05) is 0 Å². The third-order valence-electron chi connectivity index (χ3n) is 5.96. The summed E-state index contributed by atoms with van der Waals surface area (Å²) >= 11 is 2.24. The Morgan fingerprint density at radius 3 is 2.75 bits per heavy atom. The normalized spacial score (nSPS) is 28.5. The van der Waals surface area contributed by atoms with Gasteiger partial charge >= 0.3 is 0 Å². The number of aliphatic imine (C=N–C) groups is 1. The standard InChI is InChI=1S/C19H36N4S/c1-3-20-18(21-14-17-8-11-22(4-2)15-17)23-12-13-24-19(16-23)9-6-5-7-10-19/h17H,3-16H2,1-2H3,(H,20,21). The Morgan fingerprint density at radius 2 is 2.04 bits per heavy atom. The summed E-state index contributed by atoms with van der Waals surface area (Å²) in [7, 11) is 0. The van der Waals surface area contributed by atoms with Gasteiger partial charge in [-0.1, -0.05) is 26.2 Å². The van der Waals surface area contributed by atoms with Gasteiger partial charge in [0.05, 0.1) is 0 Å². The van der Waals surface area contributed by atoms with E-state index in [0.717, 1.165) is 25.6 Å². The van der Waals surface area contributed by atoms with Crippen molar-refractivity contribution in [1.82, 2.24) is 15.1 Å². The van der Waals surface area contributed by atoms with Crippen molar-refractivity contribution in [3.8, 4) is 0 Å². The number of nitrogens with zero attached hydrogens (tertiary/aromatic N) is 3. The molecule has 2 heterocycles. The van der Waals surface area contributed by atoms with Crippen LogP contribution in [-0.4, -0.2) is 72.1 Å². The summed E-state index contributed by atoms with van der Waals surface area (Å²) in [6.45, 7) is 12.5. The molecule has 0 aromatic carbocycles. The molecule has 2 aliphatic heterocycles. The molecule has 1 atom stereocenters. The van der Waals surface area contributed by atoms with Crippen LogP contribution in [-0.2, 0) is 0 Å². The van der Waals surface area contributed by atoms with Crippen molar-refractivity contribution in [3.63, 3.8) is 0 Å². The monoisotopic (exact) mass is 352 g/mol. The molecule has 3 fully saturated rings. The minimum Gasteiger partial charge on any atom is -0.357 e. The molecule has 1 N–H and O–H groups in total. The molecular weight excluding hydrogens is 316 g/mol. The van der Waals surface area contributed by atoms with Gasteiger partial charge in [-0.15, -0.1) is 0 Å². The van der Waals surface area contributed by atoms with E-state index in [4.69, 9.17) is 4.99 Å². The number of nitrogens with one attached hydrogen (secondary N) is 1. The summed E-state index contributed by atoms with van der Waals surface area (Å²) in [4.78, 5) is 10.2. The maximum atomic E-state index is 5.06. The van der Waals surface area contributed by atoms with Gasteiger partial charge in [-0.2, -0.15) is 11.8 Å². The quantitative estimate of drug-likeness (QED) is 0.622. The third-order valence-corrected chi connectivity index (χ3v) is 7.50. The molecule has 0 bridgehead atoms. The SMILES string of the molecule is CCNC(=NCC1CCN(CC)C1)N1CCSC2(CCCCC2)C1. The average Bonchev–Trinajstić information content (AvgIpc) is 3.07. The topological polar surface area (TPSA) is 30.9 Å². The van der Waals surface area contributed by atoms with Crippen molar-refractivity contribution >= 4 is 17.7 Å². The van der Waals surface area contributed by atoms with E-state index in [2.05, 4.69) is 40.7 Å². The summed E-state index contributed by atoms with van der Waals surface area (Å²) in [6.07, 6.45) is 8.40. The first-order valence-corrected chi connectivity index (χ1v) is 11.1. The second-order valence-corrected chi connectivity index (χ2v) is 9.32. The lowest BCUT2D eigenvalue weighted by Gasteiger charge is -2.45. The van der Waals surface area contributed by atoms with Crippen molar-refractivity contribution in [3.05, 3.63) is 0 Å². The molecule has 138 valence electrons. The number of hydrogen-bond donors (Lipinski definition) is 1. The minimum atomic E-state index is 0.513. The van der Waals surface area contributed by atoms with Crippen LogP contribution in [0.3, 0.4) is 0 Å². The highest BCUT2D eigenvalue weighted by Crippen LogP contribution is 2.42. The molecule has 5 heteroatoms. The van der Waals surface area contributed by atoms with Gasteiger partial charge in [-0.05, 0) is 45.2 Å². The fourth-order valence-electron chi connectivity index (χ4n) is 4.51. The van der Waals surface area contributed by atoms with Crippen molar-refractivity contribution in [2.75, 3.05) is 51.6 Å². The van der Waals surface area contributed by atoms with Gasteiger partial charge in [0, 0.05) is 43.2 Å². The first kappa shape index (κ1) is 18.4. The van der Waals surface area contributed by atoms with Crippen molar-refractivity contribution in [2.45, 2.75) is 57.1 Å². The lowest BCUT2D eigenvalue weighted by Crippen LogP contribution is -2.53. The zero-order chi connectivity index (χ0) is 16.8. The molecule has 0 aromatic heterocycles. The van der Waals surface area contributed by atoms with Gasteiger partial charge < -0.3 is 15.1 Å². The van der Waals surface area contributed by atoms with Crippen LogP contribution >= 0.6 is 11.8 Å². The van der Waals surface area contributed by atoms with Gasteiger partial charge in [0.1, 0.15) is 0 Å². The summed E-state index contributed by atoms with van der Waals surface area (Å²) in [5, 5.41) is 3.58. The number of rotatable bonds is 4. The number of hydrogen-bond acceptors (Lipinski definition) is 3. The molecule has 1 unspecified atom stereocenters. The van der Waals surface area contributed by atoms with Crippen LogP contribution in [0.4, 0.5) is 0 Å². The molecule has 1 aliphatic carbocycles. The number of guanidine groups is 1. The van der Waals surface area contributed by atoms with Crippen LogP contribution in [0.2, 0.25) is 0 Å². The Balaban J connectivity index is 1.60. The Kier molecular flexibility index (Phi) is 6.73. The molecule has 0 radical (unpaired) electrons. The Morgan fingerprint density at radius 1 is 1.21 bits per heavy atom. The van der Waals surface area contributed by atoms with Crippen LogP contribution in [0.1, 0.15) is 52.4 Å². The molecule has 3 rings (SSSR count). The van der Waals surface area contributed by atoms with Crippen molar-refractivity contribution in [2.24, 2.45) is 10.9 Å². The second-order valence-electron chi connectivity index (χ2n) is 7.76. The van der Waals surface area contributed by atoms with Crippen LogP contribution in [0, 0.1) is 5.92 Å². The summed E-state index contributed by atoms with van der Waals surface area (Å²) in [5.74, 6) is 3.19. The van der Waals surface area contributed by atoms with E-state index in [9.17, 15) is 0 Å². The Labute approximate surface area is 152 Å². The molecule has 0 amide bonds. The van der Waals surface area contributed by atoms with Crippen LogP contribution < -0.4 is 5.32 Å². The molecule has 0 aromatic rings. The maximum Gasteiger partial charge on any atom is 0.193 e. The zero-order valence-electron chi connectivity index (χ0n) is 15.7. The van der Waals surface area contributed by atoms with Crippen LogP contribution in [0.15, 0.2) is 4.99 Å². The maximum absolute atomic E-state index is 5.06. The van der Waals surface area contributed by atoms with E-state index in [1.165, 1.54) is 76.4 Å². The summed E-state index contributed by atoms with van der Waals surface area (Å²) in [5.41, 5.74) is 0. The average molecular weight is 353 g/mol. The van der Waals surface area contributed by atoms with Gasteiger partial charge in [-0.25, -0.2) is 0 Å². The van der Waals surface area contributed by atoms with E-state index < -0.39 is 0 Å². The molecule has 1 spiro atoms. The van der Waals surface area contributed by atoms with Gasteiger partial charge in [-0.3, -0.25) is 4.99 Å². The molecular formula is C19H36N4S. The Bertz CT molecular complexity index is 414. The molecule has 2 saturated heterocycles. The highest BCUT2D eigenvalue weighted by atomic mass is 32.2. The number of likely N-dealkylation sites (tertiary alicyclic amines) is 1. The minimum absolute atomic E-state index is 0.513. The summed E-state index contributed by atoms with van der Waals surface area (Å²) < 4.78 is 0.513. The molecule has 1 saturated carbocycles. The van der Waals surface area contributed by atoms with Crippen molar-refractivity contribution < 1.29 is 0 Å². The lowest BCUT2D eigenvalue weighted by molar-refractivity contribution is 0.292. The van der Waals surface area contributed by atoms with Gasteiger partial charge in [0.15, 0.2) is 5.96 Å². The molecule has 4 nitrogen and oxygen atoms in total. The smallest absolute Gasteiger partial charge is 0.193 e. The highest BCUT2D eigenvalue weighted by Gasteiger charge is 2.38. The van der Waals surface area contributed by atoms with E-state index in [-0.39, 0.29) is 0 Å². The Hall–Kier alpha value is -0.420. The predicted octanol–water partition coefficient (Wildman–Crippen LogP) is 3.05. The van der Waals surface area contributed by atoms with Crippen molar-refractivity contribution in [1.29, 1.82) is 0 Å². The summed E-state index contributed by atoms with van der Waals surface area (Å²) in [6, 6.07) is 0. The van der Waals surface area contributed by atoms with Gasteiger partial charge in [0.25, 0.3) is 0 Å². The van der Waals surface area contributed by atoms with Crippen LogP contribution in [0.5, 0.6) is 0 Å². The largest absolute Gasteiger partial charge is 0.357 e. The first-order chi connectivity index (χ1) is 11.7. The molecule has 3 aliphatic rings. The predicted molar refractivity (Wildman–Crippen MR) is 106 cm³/mol. The van der Waals surface area contributed by atoms with E-state index >= 15 is 0 Å². The third kappa shape index (κ3) is 4.60. The number of thioether (sulfide) groups is 1. The fraction of sp³-hybridized carbons (Fsp3) is 0.947. The zero-order valence-corrected chi connectivity index (χ0v) is 16.5. The van der Waals surface area contributed by atoms with Crippen LogP contribution in [0.25, 0.3) is 0 Å². The van der Waals surface area contributed by atoms with E-state index in [1.54, 1.807) is 0 Å². The lowest BCUT2D eigenvalue weighted by atomic mass is 9.87.